The Hall–Kier alpha value is -1.66. The highest BCUT2D eigenvalue weighted by atomic mass is 16.3. The van der Waals surface area contributed by atoms with Gasteiger partial charge in [0.15, 0.2) is 0 Å². The molecule has 0 aromatic carbocycles. The van der Waals surface area contributed by atoms with Crippen LogP contribution >= 0.6 is 0 Å². The maximum absolute atomic E-state index is 12.3. The number of hydrogen-bond donors (Lipinski definition) is 3. The summed E-state index contributed by atoms with van der Waals surface area (Å²) in [6.07, 6.45) is 6.59. The molecule has 19 heavy (non-hydrogen) atoms. The minimum Gasteiger partial charge on any atom is -0.388 e. The highest BCUT2D eigenvalue weighted by Gasteiger charge is 2.33. The molecule has 4 N–H and O–H groups in total. The number of carbonyl (C=O) groups is 1. The van der Waals surface area contributed by atoms with E-state index in [1.165, 1.54) is 6.20 Å². The Morgan fingerprint density at radius 1 is 1.58 bits per heavy atom. The van der Waals surface area contributed by atoms with Crippen molar-refractivity contribution in [1.82, 2.24) is 9.88 Å². The Kier molecular flexibility index (Phi) is 4.01. The van der Waals surface area contributed by atoms with Crippen molar-refractivity contribution in [1.29, 1.82) is 0 Å². The number of amides is 1. The van der Waals surface area contributed by atoms with E-state index in [0.29, 0.717) is 17.8 Å². The maximum Gasteiger partial charge on any atom is 0.255 e. The third-order valence-electron chi connectivity index (χ3n) is 3.62. The van der Waals surface area contributed by atoms with Crippen molar-refractivity contribution in [2.75, 3.05) is 19.0 Å². The topological polar surface area (TPSA) is 91.5 Å². The molecule has 0 radical (unpaired) electrons. The third kappa shape index (κ3) is 3.02. The molecule has 1 aliphatic rings. The number of aromatic nitrogens is 1. The molecular formula is C13H20N4O2. The van der Waals surface area contributed by atoms with Crippen molar-refractivity contribution in [2.45, 2.75) is 31.3 Å². The minimum absolute atomic E-state index is 0.171. The fourth-order valence-corrected chi connectivity index (χ4v) is 2.61. The largest absolute Gasteiger partial charge is 0.388 e. The van der Waals surface area contributed by atoms with E-state index in [1.807, 2.05) is 0 Å². The van der Waals surface area contributed by atoms with Gasteiger partial charge >= 0.3 is 0 Å². The normalized spacial score (nSPS) is 17.2. The summed E-state index contributed by atoms with van der Waals surface area (Å²) in [4.78, 5) is 17.8. The van der Waals surface area contributed by atoms with E-state index in [1.54, 1.807) is 24.2 Å². The number of carbonyl (C=O) groups excluding carboxylic acids is 1. The van der Waals surface area contributed by atoms with Crippen LogP contribution in [0.4, 0.5) is 5.69 Å². The Morgan fingerprint density at radius 2 is 2.26 bits per heavy atom. The summed E-state index contributed by atoms with van der Waals surface area (Å²) in [6.45, 7) is 0.345. The van der Waals surface area contributed by atoms with Crippen LogP contribution in [0.25, 0.3) is 0 Å². The lowest BCUT2D eigenvalue weighted by molar-refractivity contribution is 0.0157. The summed E-state index contributed by atoms with van der Waals surface area (Å²) in [5, 5.41) is 10.3. The third-order valence-corrected chi connectivity index (χ3v) is 3.62. The Bertz CT molecular complexity index is 458. The van der Waals surface area contributed by atoms with Gasteiger partial charge in [0.2, 0.25) is 0 Å². The summed E-state index contributed by atoms with van der Waals surface area (Å²) in [5.41, 5.74) is 2.66. The number of rotatable bonds is 4. The number of hydrogen-bond acceptors (Lipinski definition) is 5. The number of likely N-dealkylation sites (N-methyl/N-ethyl adjacent to an activating group) is 1. The number of nitrogens with two attached hydrogens (primary N) is 1. The van der Waals surface area contributed by atoms with Crippen LogP contribution in [-0.4, -0.2) is 40.1 Å². The summed E-state index contributed by atoms with van der Waals surface area (Å²) in [7, 11) is 1.69. The second-order valence-corrected chi connectivity index (χ2v) is 5.16. The molecule has 0 saturated heterocycles. The Morgan fingerprint density at radius 3 is 2.89 bits per heavy atom. The molecular weight excluding hydrogens is 244 g/mol. The maximum atomic E-state index is 12.3. The first-order chi connectivity index (χ1) is 9.06. The molecule has 0 atom stereocenters. The molecule has 1 amide bonds. The highest BCUT2D eigenvalue weighted by Crippen LogP contribution is 2.30. The van der Waals surface area contributed by atoms with Crippen LogP contribution in [0.3, 0.4) is 0 Å². The lowest BCUT2D eigenvalue weighted by Crippen LogP contribution is -2.42. The van der Waals surface area contributed by atoms with Crippen LogP contribution < -0.4 is 11.3 Å². The predicted molar refractivity (Wildman–Crippen MR) is 72.4 cm³/mol. The van der Waals surface area contributed by atoms with E-state index >= 15 is 0 Å². The zero-order valence-corrected chi connectivity index (χ0v) is 11.1. The van der Waals surface area contributed by atoms with Gasteiger partial charge in [-0.25, -0.2) is 0 Å². The van der Waals surface area contributed by atoms with Crippen molar-refractivity contribution in [2.24, 2.45) is 5.84 Å². The summed E-state index contributed by atoms with van der Waals surface area (Å²) < 4.78 is 0. The van der Waals surface area contributed by atoms with Gasteiger partial charge in [-0.2, -0.15) is 0 Å². The van der Waals surface area contributed by atoms with Gasteiger partial charge in [-0.15, -0.1) is 0 Å². The number of nitrogens with one attached hydrogen (secondary N) is 1. The van der Waals surface area contributed by atoms with Gasteiger partial charge in [-0.05, 0) is 18.9 Å². The molecule has 1 aromatic heterocycles. The summed E-state index contributed by atoms with van der Waals surface area (Å²) in [5.74, 6) is 5.20. The van der Waals surface area contributed by atoms with E-state index in [0.717, 1.165) is 25.7 Å². The van der Waals surface area contributed by atoms with Gasteiger partial charge in [-0.3, -0.25) is 15.6 Å². The number of aliphatic hydroxyl groups is 1. The van der Waals surface area contributed by atoms with Gasteiger partial charge < -0.3 is 15.4 Å². The molecule has 0 spiro atoms. The van der Waals surface area contributed by atoms with Gasteiger partial charge in [0, 0.05) is 19.8 Å². The monoisotopic (exact) mass is 264 g/mol. The Labute approximate surface area is 112 Å². The standard InChI is InChI=1S/C13H20N4O2/c1-17(9-13(19)5-2-3-6-13)12(18)10-4-7-15-8-11(10)16-14/h4,7-8,16,19H,2-3,5-6,9,14H2,1H3. The lowest BCUT2D eigenvalue weighted by atomic mass is 10.0. The molecule has 1 fully saturated rings. The molecule has 104 valence electrons. The molecule has 6 heteroatoms. The van der Waals surface area contributed by atoms with E-state index in [2.05, 4.69) is 10.4 Å². The van der Waals surface area contributed by atoms with Crippen molar-refractivity contribution < 1.29 is 9.90 Å². The van der Waals surface area contributed by atoms with E-state index in [4.69, 9.17) is 5.84 Å². The van der Waals surface area contributed by atoms with Gasteiger partial charge in [0.1, 0.15) is 0 Å². The first-order valence-electron chi connectivity index (χ1n) is 6.44. The zero-order chi connectivity index (χ0) is 13.9. The zero-order valence-electron chi connectivity index (χ0n) is 11.1. The summed E-state index contributed by atoms with van der Waals surface area (Å²) >= 11 is 0. The number of hydrazine groups is 1. The van der Waals surface area contributed by atoms with Crippen LogP contribution in [0.15, 0.2) is 18.5 Å². The molecule has 1 heterocycles. The second-order valence-electron chi connectivity index (χ2n) is 5.16. The van der Waals surface area contributed by atoms with Crippen LogP contribution in [-0.2, 0) is 0 Å². The average Bonchev–Trinajstić information content (AvgIpc) is 2.84. The Balaban J connectivity index is 2.10. The van der Waals surface area contributed by atoms with E-state index in [-0.39, 0.29) is 5.91 Å². The summed E-state index contributed by atoms with van der Waals surface area (Å²) in [6, 6.07) is 1.62. The van der Waals surface area contributed by atoms with Gasteiger partial charge in [0.25, 0.3) is 5.91 Å². The first kappa shape index (κ1) is 13.8. The van der Waals surface area contributed by atoms with Crippen LogP contribution in [0.1, 0.15) is 36.0 Å². The molecule has 0 bridgehead atoms. The number of anilines is 1. The van der Waals surface area contributed by atoms with Crippen molar-refractivity contribution in [3.63, 3.8) is 0 Å². The van der Waals surface area contributed by atoms with E-state index in [9.17, 15) is 9.90 Å². The molecule has 0 unspecified atom stereocenters. The SMILES string of the molecule is CN(CC1(O)CCCC1)C(=O)c1ccncc1NN. The molecule has 1 aromatic rings. The fraction of sp³-hybridized carbons (Fsp3) is 0.538. The minimum atomic E-state index is -0.742. The predicted octanol–water partition coefficient (Wildman–Crippen LogP) is 0.744. The molecule has 6 nitrogen and oxygen atoms in total. The van der Waals surface area contributed by atoms with Gasteiger partial charge in [-0.1, -0.05) is 12.8 Å². The van der Waals surface area contributed by atoms with Crippen LogP contribution in [0.5, 0.6) is 0 Å². The first-order valence-corrected chi connectivity index (χ1v) is 6.44. The van der Waals surface area contributed by atoms with Gasteiger partial charge in [0.05, 0.1) is 23.0 Å². The average molecular weight is 264 g/mol. The smallest absolute Gasteiger partial charge is 0.255 e. The van der Waals surface area contributed by atoms with Crippen LogP contribution in [0.2, 0.25) is 0 Å². The number of pyridine rings is 1. The van der Waals surface area contributed by atoms with Crippen molar-refractivity contribution >= 4 is 11.6 Å². The molecule has 1 aliphatic carbocycles. The molecule has 0 aliphatic heterocycles. The van der Waals surface area contributed by atoms with E-state index < -0.39 is 5.60 Å². The number of nitrogens with zero attached hydrogens (tertiary/aromatic N) is 2. The van der Waals surface area contributed by atoms with Crippen molar-refractivity contribution in [3.05, 3.63) is 24.0 Å². The number of nitrogen functional groups attached to an aromatic ring is 1. The highest BCUT2D eigenvalue weighted by molar-refractivity contribution is 5.99. The van der Waals surface area contributed by atoms with Crippen molar-refractivity contribution in [3.8, 4) is 0 Å². The quantitative estimate of drug-likeness (QED) is 0.551. The lowest BCUT2D eigenvalue weighted by Gasteiger charge is -2.29. The molecule has 2 rings (SSSR count). The fourth-order valence-electron chi connectivity index (χ4n) is 2.61. The van der Waals surface area contributed by atoms with Crippen LogP contribution in [0, 0.1) is 0 Å². The second kappa shape index (κ2) is 5.54. The molecule has 1 saturated carbocycles.